The standard InChI is InChI=1S/C10H14N4O2.2BrH/c11-5-9(15)13-7-2-1-3-8(4-7)14-10(16)6-12;;/h1-4H,5-6,11-12H2,(H,13,15)(H,14,16);2*1H. The van der Waals surface area contributed by atoms with Crippen LogP contribution in [0.2, 0.25) is 0 Å². The first kappa shape index (κ1) is 19.4. The number of nitrogens with one attached hydrogen (secondary N) is 2. The second kappa shape index (κ2) is 10.0. The molecule has 0 aromatic heterocycles. The van der Waals surface area contributed by atoms with Crippen molar-refractivity contribution in [3.8, 4) is 0 Å². The molecule has 102 valence electrons. The van der Waals surface area contributed by atoms with Crippen LogP contribution in [0.5, 0.6) is 0 Å². The molecule has 0 spiro atoms. The number of carbonyl (C=O) groups is 2. The lowest BCUT2D eigenvalue weighted by Gasteiger charge is -2.07. The van der Waals surface area contributed by atoms with Gasteiger partial charge in [-0.25, -0.2) is 0 Å². The summed E-state index contributed by atoms with van der Waals surface area (Å²) in [6, 6.07) is 6.73. The van der Waals surface area contributed by atoms with Crippen LogP contribution in [0.1, 0.15) is 0 Å². The van der Waals surface area contributed by atoms with Crippen LogP contribution in [0.3, 0.4) is 0 Å². The van der Waals surface area contributed by atoms with Crippen molar-refractivity contribution in [2.45, 2.75) is 0 Å². The minimum Gasteiger partial charge on any atom is -0.325 e. The van der Waals surface area contributed by atoms with Gasteiger partial charge in [-0.15, -0.1) is 34.0 Å². The number of rotatable bonds is 4. The zero-order chi connectivity index (χ0) is 12.0. The molecule has 6 N–H and O–H groups in total. The fourth-order valence-electron chi connectivity index (χ4n) is 1.10. The number of benzene rings is 1. The van der Waals surface area contributed by atoms with Crippen LogP contribution < -0.4 is 22.1 Å². The number of nitrogens with two attached hydrogens (primary N) is 2. The van der Waals surface area contributed by atoms with Crippen molar-refractivity contribution in [3.05, 3.63) is 24.3 Å². The summed E-state index contributed by atoms with van der Waals surface area (Å²) in [7, 11) is 0. The average molecular weight is 384 g/mol. The predicted octanol–water partition coefficient (Wildman–Crippen LogP) is 0.637. The summed E-state index contributed by atoms with van der Waals surface area (Å²) in [6.45, 7) is -0.168. The predicted molar refractivity (Wildman–Crippen MR) is 82.5 cm³/mol. The van der Waals surface area contributed by atoms with Gasteiger partial charge in [0.1, 0.15) is 0 Å². The lowest BCUT2D eigenvalue weighted by molar-refractivity contribution is -0.115. The maximum Gasteiger partial charge on any atom is 0.238 e. The van der Waals surface area contributed by atoms with Gasteiger partial charge in [-0.1, -0.05) is 6.07 Å². The number of carbonyl (C=O) groups excluding carboxylic acids is 2. The van der Waals surface area contributed by atoms with Crippen LogP contribution in [0.25, 0.3) is 0 Å². The SMILES string of the molecule is Br.Br.NCC(=O)Nc1cccc(NC(=O)CN)c1. The first-order valence-corrected chi connectivity index (χ1v) is 4.75. The van der Waals surface area contributed by atoms with Gasteiger partial charge in [0.15, 0.2) is 0 Å². The molecule has 1 aromatic rings. The summed E-state index contributed by atoms with van der Waals surface area (Å²) in [5.74, 6) is -0.579. The fourth-order valence-corrected chi connectivity index (χ4v) is 1.10. The summed E-state index contributed by atoms with van der Waals surface area (Å²) in [4.78, 5) is 22.1. The molecule has 0 unspecified atom stereocenters. The molecule has 0 radical (unpaired) electrons. The number of anilines is 2. The Balaban J connectivity index is 0. The van der Waals surface area contributed by atoms with Crippen molar-refractivity contribution < 1.29 is 9.59 Å². The molecule has 0 aliphatic carbocycles. The summed E-state index contributed by atoms with van der Waals surface area (Å²) in [5.41, 5.74) is 11.5. The number of hydrogen-bond donors (Lipinski definition) is 4. The fraction of sp³-hybridized carbons (Fsp3) is 0.200. The highest BCUT2D eigenvalue weighted by Gasteiger charge is 2.02. The van der Waals surface area contributed by atoms with E-state index in [1.165, 1.54) is 0 Å². The van der Waals surface area contributed by atoms with E-state index >= 15 is 0 Å². The van der Waals surface area contributed by atoms with E-state index in [1.807, 2.05) is 0 Å². The van der Waals surface area contributed by atoms with Crippen LogP contribution >= 0.6 is 34.0 Å². The van der Waals surface area contributed by atoms with Crippen LogP contribution in [0, 0.1) is 0 Å². The monoisotopic (exact) mass is 382 g/mol. The summed E-state index contributed by atoms with van der Waals surface area (Å²) in [6.07, 6.45) is 0. The maximum atomic E-state index is 11.0. The Hall–Kier alpha value is -0.960. The third-order valence-electron chi connectivity index (χ3n) is 1.80. The molecule has 0 atom stereocenters. The molecule has 2 amide bonds. The van der Waals surface area contributed by atoms with E-state index in [1.54, 1.807) is 24.3 Å². The van der Waals surface area contributed by atoms with Gasteiger partial charge in [0.25, 0.3) is 0 Å². The molecular weight excluding hydrogens is 368 g/mol. The van der Waals surface area contributed by atoms with Crippen LogP contribution in [0.4, 0.5) is 11.4 Å². The molecule has 8 heteroatoms. The minimum atomic E-state index is -0.290. The molecule has 18 heavy (non-hydrogen) atoms. The topological polar surface area (TPSA) is 110 Å². The van der Waals surface area contributed by atoms with Gasteiger partial charge in [-0.05, 0) is 18.2 Å². The number of amides is 2. The third-order valence-corrected chi connectivity index (χ3v) is 1.80. The van der Waals surface area contributed by atoms with Crippen LogP contribution in [-0.2, 0) is 9.59 Å². The Kier molecular flexibility index (Phi) is 10.8. The van der Waals surface area contributed by atoms with Crippen LogP contribution in [-0.4, -0.2) is 24.9 Å². The lowest BCUT2D eigenvalue weighted by Crippen LogP contribution is -2.23. The third kappa shape index (κ3) is 6.70. The zero-order valence-electron chi connectivity index (χ0n) is 9.51. The largest absolute Gasteiger partial charge is 0.325 e. The van der Waals surface area contributed by atoms with E-state index in [-0.39, 0.29) is 58.9 Å². The van der Waals surface area contributed by atoms with E-state index in [9.17, 15) is 9.59 Å². The van der Waals surface area contributed by atoms with Crippen molar-refractivity contribution in [2.75, 3.05) is 23.7 Å². The molecule has 1 rings (SSSR count). The molecule has 0 aliphatic rings. The van der Waals surface area contributed by atoms with Crippen molar-refractivity contribution in [2.24, 2.45) is 11.5 Å². The Morgan fingerprint density at radius 3 is 1.67 bits per heavy atom. The van der Waals surface area contributed by atoms with Gasteiger partial charge in [-0.2, -0.15) is 0 Å². The van der Waals surface area contributed by atoms with Crippen molar-refractivity contribution in [1.29, 1.82) is 0 Å². The molecule has 0 bridgehead atoms. The minimum absolute atomic E-state index is 0. The normalized spacial score (nSPS) is 8.56. The average Bonchev–Trinajstić information content (AvgIpc) is 2.29. The van der Waals surface area contributed by atoms with Gasteiger partial charge in [0.2, 0.25) is 11.8 Å². The highest BCUT2D eigenvalue weighted by Crippen LogP contribution is 2.14. The Bertz CT molecular complexity index is 368. The summed E-state index contributed by atoms with van der Waals surface area (Å²) >= 11 is 0. The number of halogens is 2. The lowest BCUT2D eigenvalue weighted by atomic mass is 10.2. The maximum absolute atomic E-state index is 11.0. The molecule has 0 aliphatic heterocycles. The number of hydrogen-bond acceptors (Lipinski definition) is 4. The highest BCUT2D eigenvalue weighted by molar-refractivity contribution is 8.93. The van der Waals surface area contributed by atoms with Gasteiger partial charge < -0.3 is 22.1 Å². The first-order valence-electron chi connectivity index (χ1n) is 4.75. The molecule has 0 fully saturated rings. The quantitative estimate of drug-likeness (QED) is 0.611. The molecular formula is C10H16Br2N4O2. The van der Waals surface area contributed by atoms with E-state index in [0.29, 0.717) is 11.4 Å². The molecule has 1 aromatic carbocycles. The molecule has 0 saturated carbocycles. The van der Waals surface area contributed by atoms with Crippen molar-refractivity contribution in [1.82, 2.24) is 0 Å². The van der Waals surface area contributed by atoms with E-state index in [4.69, 9.17) is 11.5 Å². The second-order valence-corrected chi connectivity index (χ2v) is 3.09. The summed E-state index contributed by atoms with van der Waals surface area (Å²) < 4.78 is 0. The Labute approximate surface area is 126 Å². The van der Waals surface area contributed by atoms with Gasteiger partial charge in [0, 0.05) is 11.4 Å². The summed E-state index contributed by atoms with van der Waals surface area (Å²) in [5, 5.41) is 5.15. The van der Waals surface area contributed by atoms with E-state index in [2.05, 4.69) is 10.6 Å². The Morgan fingerprint density at radius 2 is 1.33 bits per heavy atom. The second-order valence-electron chi connectivity index (χ2n) is 3.09. The van der Waals surface area contributed by atoms with Gasteiger partial charge in [-0.3, -0.25) is 9.59 Å². The molecule has 0 heterocycles. The van der Waals surface area contributed by atoms with Crippen LogP contribution in [0.15, 0.2) is 24.3 Å². The first-order chi connectivity index (χ1) is 7.65. The van der Waals surface area contributed by atoms with E-state index < -0.39 is 0 Å². The smallest absolute Gasteiger partial charge is 0.238 e. The molecule has 0 saturated heterocycles. The van der Waals surface area contributed by atoms with Crippen molar-refractivity contribution >= 4 is 57.2 Å². The zero-order valence-corrected chi connectivity index (χ0v) is 12.9. The molecule has 6 nitrogen and oxygen atoms in total. The van der Waals surface area contributed by atoms with Crippen molar-refractivity contribution in [3.63, 3.8) is 0 Å². The highest BCUT2D eigenvalue weighted by atomic mass is 79.9. The van der Waals surface area contributed by atoms with Gasteiger partial charge in [0.05, 0.1) is 13.1 Å². The van der Waals surface area contributed by atoms with Gasteiger partial charge >= 0.3 is 0 Å². The van der Waals surface area contributed by atoms with E-state index in [0.717, 1.165) is 0 Å². The Morgan fingerprint density at radius 1 is 0.944 bits per heavy atom.